The Kier molecular flexibility index (Phi) is 9.97. The van der Waals surface area contributed by atoms with E-state index in [1.807, 2.05) is 13.8 Å². The molecule has 0 amide bonds. The van der Waals surface area contributed by atoms with Gasteiger partial charge in [0.2, 0.25) is 0 Å². The van der Waals surface area contributed by atoms with Gasteiger partial charge in [-0.2, -0.15) is 13.2 Å². The van der Waals surface area contributed by atoms with Gasteiger partial charge in [-0.25, -0.2) is 4.39 Å². The first-order valence-corrected chi connectivity index (χ1v) is 12.6. The van der Waals surface area contributed by atoms with Crippen LogP contribution < -0.4 is 10.1 Å². The van der Waals surface area contributed by atoms with Crippen molar-refractivity contribution in [2.45, 2.75) is 45.3 Å². The Labute approximate surface area is 228 Å². The molecule has 1 atom stereocenters. The number of carboxylic acids is 1. The molecule has 0 heterocycles. The highest BCUT2D eigenvalue weighted by Crippen LogP contribution is 2.37. The van der Waals surface area contributed by atoms with Gasteiger partial charge in [0.25, 0.3) is 0 Å². The van der Waals surface area contributed by atoms with E-state index in [2.05, 4.69) is 5.32 Å². The standard InChI is InChI=1S/C29H28ClF4NO4/c1-17(2)26(35-20-9-6-18(7-10-20)27(36)4-3-5-28(37)38)16-39-21-11-13-23(25(31)15-21)22-12-8-19(14-24(22)30)29(32,33)34/h6-15,17,26,35H,3-5,16H2,1-2H3,(H,37,38)/t26-/m1/s1. The predicted molar refractivity (Wildman–Crippen MR) is 142 cm³/mol. The van der Waals surface area contributed by atoms with E-state index in [1.165, 1.54) is 12.1 Å². The van der Waals surface area contributed by atoms with Crippen LogP contribution in [0.3, 0.4) is 0 Å². The normalized spacial score (nSPS) is 12.3. The van der Waals surface area contributed by atoms with E-state index in [4.69, 9.17) is 21.4 Å². The van der Waals surface area contributed by atoms with Crippen LogP contribution in [0.2, 0.25) is 5.02 Å². The van der Waals surface area contributed by atoms with Crippen LogP contribution in [-0.4, -0.2) is 29.5 Å². The molecule has 0 saturated carbocycles. The lowest BCUT2D eigenvalue weighted by atomic mass is 10.0. The Hall–Kier alpha value is -3.59. The van der Waals surface area contributed by atoms with Crippen LogP contribution in [0, 0.1) is 11.7 Å². The highest BCUT2D eigenvalue weighted by molar-refractivity contribution is 6.33. The average molecular weight is 566 g/mol. The highest BCUT2D eigenvalue weighted by atomic mass is 35.5. The van der Waals surface area contributed by atoms with Crippen molar-refractivity contribution in [1.29, 1.82) is 0 Å². The zero-order chi connectivity index (χ0) is 28.7. The van der Waals surface area contributed by atoms with Gasteiger partial charge in [-0.15, -0.1) is 0 Å². The second-order valence-corrected chi connectivity index (χ2v) is 9.79. The molecule has 0 saturated heterocycles. The molecule has 5 nitrogen and oxygen atoms in total. The summed E-state index contributed by atoms with van der Waals surface area (Å²) < 4.78 is 59.4. The highest BCUT2D eigenvalue weighted by Gasteiger charge is 2.31. The van der Waals surface area contributed by atoms with E-state index in [0.29, 0.717) is 5.56 Å². The molecule has 0 aromatic heterocycles. The maximum Gasteiger partial charge on any atom is 0.416 e. The molecule has 0 aliphatic heterocycles. The maximum atomic E-state index is 14.9. The third-order valence-corrected chi connectivity index (χ3v) is 6.43. The Bertz CT molecular complexity index is 1310. The van der Waals surface area contributed by atoms with Crippen molar-refractivity contribution in [2.24, 2.45) is 5.92 Å². The Morgan fingerprint density at radius 1 is 0.974 bits per heavy atom. The van der Waals surface area contributed by atoms with Gasteiger partial charge in [0.1, 0.15) is 18.2 Å². The summed E-state index contributed by atoms with van der Waals surface area (Å²) >= 11 is 6.01. The van der Waals surface area contributed by atoms with Gasteiger partial charge in [-0.3, -0.25) is 9.59 Å². The summed E-state index contributed by atoms with van der Waals surface area (Å²) in [6.45, 7) is 4.16. The van der Waals surface area contributed by atoms with Crippen molar-refractivity contribution in [2.75, 3.05) is 11.9 Å². The largest absolute Gasteiger partial charge is 0.491 e. The molecule has 0 bridgehead atoms. The summed E-state index contributed by atoms with van der Waals surface area (Å²) in [5, 5.41) is 11.8. The molecule has 10 heteroatoms. The number of halogens is 5. The molecule has 0 fully saturated rings. The lowest BCUT2D eigenvalue weighted by Crippen LogP contribution is -2.32. The van der Waals surface area contributed by atoms with Crippen LogP contribution in [0.4, 0.5) is 23.2 Å². The predicted octanol–water partition coefficient (Wildman–Crippen LogP) is 8.12. The molecular weight excluding hydrogens is 538 g/mol. The molecule has 0 aliphatic rings. The molecular formula is C29H28ClF4NO4. The number of hydrogen-bond acceptors (Lipinski definition) is 4. The van der Waals surface area contributed by atoms with Crippen LogP contribution >= 0.6 is 11.6 Å². The second-order valence-electron chi connectivity index (χ2n) is 9.39. The molecule has 0 radical (unpaired) electrons. The topological polar surface area (TPSA) is 75.6 Å². The number of carbonyl (C=O) groups is 2. The monoisotopic (exact) mass is 565 g/mol. The first-order chi connectivity index (χ1) is 18.3. The van der Waals surface area contributed by atoms with Crippen molar-refractivity contribution >= 4 is 29.0 Å². The van der Waals surface area contributed by atoms with E-state index in [-0.39, 0.29) is 65.5 Å². The number of rotatable bonds is 12. The van der Waals surface area contributed by atoms with Crippen molar-refractivity contribution in [1.82, 2.24) is 0 Å². The number of nitrogens with one attached hydrogen (secondary N) is 1. The summed E-state index contributed by atoms with van der Waals surface area (Å²) in [7, 11) is 0. The summed E-state index contributed by atoms with van der Waals surface area (Å²) in [5.74, 6) is -1.39. The zero-order valence-corrected chi connectivity index (χ0v) is 22.1. The number of ether oxygens (including phenoxy) is 1. The van der Waals surface area contributed by atoms with Crippen LogP contribution in [0.1, 0.15) is 49.0 Å². The molecule has 3 aromatic rings. The smallest absolute Gasteiger partial charge is 0.416 e. The van der Waals surface area contributed by atoms with Gasteiger partial charge in [0, 0.05) is 46.3 Å². The Morgan fingerprint density at radius 3 is 2.21 bits per heavy atom. The molecule has 0 aliphatic carbocycles. The summed E-state index contributed by atoms with van der Waals surface area (Å²) in [6.07, 6.45) is -4.18. The molecule has 3 aromatic carbocycles. The van der Waals surface area contributed by atoms with E-state index >= 15 is 0 Å². The van der Waals surface area contributed by atoms with E-state index in [1.54, 1.807) is 24.3 Å². The second kappa shape index (κ2) is 13.0. The van der Waals surface area contributed by atoms with Crippen molar-refractivity contribution < 1.29 is 37.0 Å². The average Bonchev–Trinajstić information content (AvgIpc) is 2.86. The molecule has 208 valence electrons. The van der Waals surface area contributed by atoms with Gasteiger partial charge in [0.05, 0.1) is 11.6 Å². The fourth-order valence-corrected chi connectivity index (χ4v) is 4.09. The van der Waals surface area contributed by atoms with Crippen molar-refractivity contribution in [3.63, 3.8) is 0 Å². The number of ketones is 1. The number of alkyl halides is 3. The number of Topliss-reactive ketones (excluding diaryl/α,β-unsaturated/α-hetero) is 1. The van der Waals surface area contributed by atoms with E-state index in [0.717, 1.165) is 30.0 Å². The minimum absolute atomic E-state index is 0.0530. The number of anilines is 1. The lowest BCUT2D eigenvalue weighted by molar-refractivity contribution is -0.138. The minimum Gasteiger partial charge on any atom is -0.491 e. The van der Waals surface area contributed by atoms with Gasteiger partial charge in [-0.1, -0.05) is 31.5 Å². The number of hydrogen-bond donors (Lipinski definition) is 2. The Morgan fingerprint density at radius 2 is 1.64 bits per heavy atom. The molecule has 3 rings (SSSR count). The summed E-state index contributed by atoms with van der Waals surface area (Å²) in [4.78, 5) is 22.8. The molecule has 0 unspecified atom stereocenters. The summed E-state index contributed by atoms with van der Waals surface area (Å²) in [6, 6.07) is 13.5. The van der Waals surface area contributed by atoms with Gasteiger partial charge in [0.15, 0.2) is 5.78 Å². The fourth-order valence-electron chi connectivity index (χ4n) is 3.81. The number of carboxylic acid groups (broad SMARTS) is 1. The van der Waals surface area contributed by atoms with Crippen molar-refractivity contribution in [3.05, 3.63) is 82.6 Å². The zero-order valence-electron chi connectivity index (χ0n) is 21.3. The Balaban J connectivity index is 1.63. The van der Waals surface area contributed by atoms with Crippen LogP contribution in [-0.2, 0) is 11.0 Å². The quantitative estimate of drug-likeness (QED) is 0.171. The maximum absolute atomic E-state index is 14.9. The lowest BCUT2D eigenvalue weighted by Gasteiger charge is -2.24. The van der Waals surface area contributed by atoms with E-state index in [9.17, 15) is 27.2 Å². The third kappa shape index (κ3) is 8.45. The first-order valence-electron chi connectivity index (χ1n) is 12.3. The van der Waals surface area contributed by atoms with E-state index < -0.39 is 23.5 Å². The van der Waals surface area contributed by atoms with Gasteiger partial charge in [-0.05, 0) is 60.9 Å². The fraction of sp³-hybridized carbons (Fsp3) is 0.310. The summed E-state index contributed by atoms with van der Waals surface area (Å²) in [5.41, 5.74) is 0.516. The van der Waals surface area contributed by atoms with Crippen LogP contribution in [0.5, 0.6) is 5.75 Å². The molecule has 0 spiro atoms. The van der Waals surface area contributed by atoms with Gasteiger partial charge >= 0.3 is 12.1 Å². The SMILES string of the molecule is CC(C)[C@@H](COc1ccc(-c2ccc(C(F)(F)F)cc2Cl)c(F)c1)Nc1ccc(C(=O)CCCC(=O)O)cc1. The van der Waals surface area contributed by atoms with Crippen LogP contribution in [0.25, 0.3) is 11.1 Å². The number of aliphatic carboxylic acids is 1. The minimum atomic E-state index is -4.55. The van der Waals surface area contributed by atoms with Crippen molar-refractivity contribution in [3.8, 4) is 16.9 Å². The number of carbonyl (C=O) groups excluding carboxylic acids is 1. The number of benzene rings is 3. The van der Waals surface area contributed by atoms with Gasteiger partial charge < -0.3 is 15.2 Å². The first kappa shape index (κ1) is 30.0. The van der Waals surface area contributed by atoms with Crippen LogP contribution in [0.15, 0.2) is 60.7 Å². The molecule has 39 heavy (non-hydrogen) atoms. The molecule has 2 N–H and O–H groups in total. The third-order valence-electron chi connectivity index (χ3n) is 6.11.